The molecule has 0 aliphatic heterocycles. The number of Topliss-reactive ketones (excluding diaryl/α,β-unsaturated/α-hetero) is 2. The van der Waals surface area contributed by atoms with Crippen LogP contribution in [0.25, 0.3) is 0 Å². The van der Waals surface area contributed by atoms with Crippen molar-refractivity contribution in [3.8, 4) is 6.07 Å². The Bertz CT molecular complexity index is 688. The number of fused-ring (bicyclic) bond motifs is 1. The van der Waals surface area contributed by atoms with Gasteiger partial charge in [0.1, 0.15) is 5.92 Å². The molecule has 3 heteroatoms. The largest absolute Gasteiger partial charge is 0.298 e. The van der Waals surface area contributed by atoms with Crippen molar-refractivity contribution in [1.29, 1.82) is 5.26 Å². The molecule has 0 saturated heterocycles. The molecule has 3 rings (SSSR count). The summed E-state index contributed by atoms with van der Waals surface area (Å²) in [7, 11) is 0. The van der Waals surface area contributed by atoms with E-state index in [9.17, 15) is 14.9 Å². The molecule has 3 nitrogen and oxygen atoms in total. The van der Waals surface area contributed by atoms with Crippen LogP contribution in [0.1, 0.15) is 54.9 Å². The summed E-state index contributed by atoms with van der Waals surface area (Å²) in [5, 5.41) is 9.30. The Hall–Kier alpha value is -1.95. The lowest BCUT2D eigenvalue weighted by Crippen LogP contribution is -2.21. The van der Waals surface area contributed by atoms with Gasteiger partial charge in [-0.1, -0.05) is 31.5 Å². The van der Waals surface area contributed by atoms with Gasteiger partial charge >= 0.3 is 0 Å². The second-order valence-corrected chi connectivity index (χ2v) is 6.89. The van der Waals surface area contributed by atoms with Gasteiger partial charge in [-0.2, -0.15) is 5.26 Å². The maximum Gasteiger partial charge on any atom is 0.152 e. The summed E-state index contributed by atoms with van der Waals surface area (Å²) >= 11 is 0. The van der Waals surface area contributed by atoms with E-state index in [0.717, 1.165) is 29.5 Å². The zero-order valence-electron chi connectivity index (χ0n) is 14.1. The van der Waals surface area contributed by atoms with E-state index in [-0.39, 0.29) is 29.3 Å². The predicted molar refractivity (Wildman–Crippen MR) is 88.0 cm³/mol. The van der Waals surface area contributed by atoms with E-state index in [1.807, 2.05) is 0 Å². The van der Waals surface area contributed by atoms with Crippen molar-refractivity contribution < 1.29 is 9.59 Å². The van der Waals surface area contributed by atoms with E-state index >= 15 is 0 Å². The van der Waals surface area contributed by atoms with Crippen LogP contribution in [0.3, 0.4) is 0 Å². The van der Waals surface area contributed by atoms with Crippen molar-refractivity contribution >= 4 is 11.6 Å². The molecule has 4 unspecified atom stereocenters. The van der Waals surface area contributed by atoms with Crippen LogP contribution < -0.4 is 0 Å². The minimum atomic E-state index is -0.633. The summed E-state index contributed by atoms with van der Waals surface area (Å²) < 4.78 is 0. The Balaban J connectivity index is 2.12. The molecule has 4 atom stereocenters. The van der Waals surface area contributed by atoms with Crippen molar-refractivity contribution in [1.82, 2.24) is 0 Å². The lowest BCUT2D eigenvalue weighted by molar-refractivity contribution is -0.125. The van der Waals surface area contributed by atoms with Gasteiger partial charge < -0.3 is 0 Å². The third-order valence-electron chi connectivity index (χ3n) is 5.63. The molecule has 0 bridgehead atoms. The van der Waals surface area contributed by atoms with Gasteiger partial charge in [0.2, 0.25) is 0 Å². The summed E-state index contributed by atoms with van der Waals surface area (Å²) in [5.74, 6) is -1.45. The first-order valence-corrected chi connectivity index (χ1v) is 8.62. The Kier molecular flexibility index (Phi) is 4.10. The molecule has 23 heavy (non-hydrogen) atoms. The molecule has 2 aliphatic carbocycles. The minimum Gasteiger partial charge on any atom is -0.298 e. The third kappa shape index (κ3) is 2.32. The van der Waals surface area contributed by atoms with Gasteiger partial charge in [0, 0.05) is 11.8 Å². The van der Waals surface area contributed by atoms with Gasteiger partial charge in [-0.3, -0.25) is 9.59 Å². The van der Waals surface area contributed by atoms with Crippen LogP contribution >= 0.6 is 0 Å². The van der Waals surface area contributed by atoms with Gasteiger partial charge in [0.25, 0.3) is 0 Å². The summed E-state index contributed by atoms with van der Waals surface area (Å²) in [6.07, 6.45) is 3.01. The molecule has 120 valence electrons. The van der Waals surface area contributed by atoms with Crippen molar-refractivity contribution in [3.05, 3.63) is 34.4 Å². The van der Waals surface area contributed by atoms with Crippen LogP contribution in [0, 0.1) is 36.0 Å². The molecule has 0 radical (unpaired) electrons. The highest BCUT2D eigenvalue weighted by atomic mass is 16.2. The number of nitriles is 1. The predicted octanol–water partition coefficient (Wildman–Crippen LogP) is 3.52. The molecule has 0 amide bonds. The second-order valence-electron chi connectivity index (χ2n) is 6.89. The van der Waals surface area contributed by atoms with Crippen LogP contribution in [0.15, 0.2) is 12.1 Å². The molecule has 0 aromatic heterocycles. The fourth-order valence-corrected chi connectivity index (χ4v) is 4.60. The number of nitrogens with zero attached hydrogens (tertiary/aromatic N) is 1. The molecule has 0 heterocycles. The first kappa shape index (κ1) is 15.9. The highest BCUT2D eigenvalue weighted by Gasteiger charge is 2.56. The van der Waals surface area contributed by atoms with Crippen LogP contribution in [0.5, 0.6) is 0 Å². The smallest absolute Gasteiger partial charge is 0.152 e. The highest BCUT2D eigenvalue weighted by Crippen LogP contribution is 2.49. The van der Waals surface area contributed by atoms with E-state index in [0.29, 0.717) is 12.8 Å². The average Bonchev–Trinajstić information content (AvgIpc) is 3.07. The maximum absolute atomic E-state index is 13.0. The first-order chi connectivity index (χ1) is 11.0. The molecule has 2 fully saturated rings. The number of carbonyl (C=O) groups excluding carboxylic acids is 2. The Morgan fingerprint density at radius 2 is 1.70 bits per heavy atom. The van der Waals surface area contributed by atoms with Crippen LogP contribution in [-0.4, -0.2) is 11.6 Å². The number of hydrogen-bond donors (Lipinski definition) is 0. The number of rotatable bonds is 3. The highest BCUT2D eigenvalue weighted by molar-refractivity contribution is 6.16. The second kappa shape index (κ2) is 5.92. The molecular formula is C20H23NO2. The molecule has 1 aromatic rings. The monoisotopic (exact) mass is 309 g/mol. The average molecular weight is 309 g/mol. The normalized spacial score (nSPS) is 29.7. The molecule has 2 saturated carbocycles. The van der Waals surface area contributed by atoms with Crippen LogP contribution in [-0.2, 0) is 22.4 Å². The van der Waals surface area contributed by atoms with E-state index in [1.54, 1.807) is 0 Å². The summed E-state index contributed by atoms with van der Waals surface area (Å²) in [6.45, 7) is 6.20. The first-order valence-electron chi connectivity index (χ1n) is 8.62. The van der Waals surface area contributed by atoms with Gasteiger partial charge in [-0.05, 0) is 49.3 Å². The number of ketones is 2. The zero-order chi connectivity index (χ0) is 16.7. The summed E-state index contributed by atoms with van der Waals surface area (Å²) in [6, 6.07) is 6.46. The quantitative estimate of drug-likeness (QED) is 0.803. The van der Waals surface area contributed by atoms with E-state index < -0.39 is 5.92 Å². The minimum absolute atomic E-state index is 0.00250. The molecule has 0 spiro atoms. The fourth-order valence-electron chi connectivity index (χ4n) is 4.60. The van der Waals surface area contributed by atoms with Gasteiger partial charge in [0.15, 0.2) is 11.6 Å². The lowest BCUT2D eigenvalue weighted by Gasteiger charge is -2.20. The van der Waals surface area contributed by atoms with Gasteiger partial charge in [-0.25, -0.2) is 0 Å². The maximum atomic E-state index is 13.0. The van der Waals surface area contributed by atoms with Crippen molar-refractivity contribution in [2.24, 2.45) is 17.8 Å². The third-order valence-corrected chi connectivity index (χ3v) is 5.63. The topological polar surface area (TPSA) is 57.9 Å². The molecule has 0 N–H and O–H groups in total. The summed E-state index contributed by atoms with van der Waals surface area (Å²) in [5.41, 5.74) is 4.35. The standard InChI is InChI=1S/C20H23NO2/c1-4-12-8-11(3)9-13(5-2)16(12)18-19(22)15-7-6-14(10-21)17(15)20(18)23/h8-9,14-15,17-18H,4-7H2,1-3H3. The number of benzene rings is 1. The van der Waals surface area contributed by atoms with Crippen LogP contribution in [0.4, 0.5) is 0 Å². The van der Waals surface area contributed by atoms with E-state index in [1.165, 1.54) is 5.56 Å². The number of carbonyl (C=O) groups is 2. The van der Waals surface area contributed by atoms with Crippen molar-refractivity contribution in [3.63, 3.8) is 0 Å². The zero-order valence-corrected chi connectivity index (χ0v) is 14.1. The van der Waals surface area contributed by atoms with Gasteiger partial charge in [-0.15, -0.1) is 0 Å². The Morgan fingerprint density at radius 3 is 2.22 bits per heavy atom. The van der Waals surface area contributed by atoms with Crippen molar-refractivity contribution in [2.75, 3.05) is 0 Å². The number of hydrogen-bond acceptors (Lipinski definition) is 3. The van der Waals surface area contributed by atoms with Gasteiger partial charge in [0.05, 0.1) is 12.0 Å². The lowest BCUT2D eigenvalue weighted by atomic mass is 9.82. The van der Waals surface area contributed by atoms with Crippen molar-refractivity contribution in [2.45, 2.75) is 52.4 Å². The SMILES string of the molecule is CCc1cc(C)cc(CC)c1C1C(=O)C2CCC(C#N)C2C1=O. The Morgan fingerprint density at radius 1 is 1.09 bits per heavy atom. The summed E-state index contributed by atoms with van der Waals surface area (Å²) in [4.78, 5) is 26.0. The van der Waals surface area contributed by atoms with Crippen LogP contribution in [0.2, 0.25) is 0 Å². The molecule has 2 aliphatic rings. The molecule has 1 aromatic carbocycles. The van der Waals surface area contributed by atoms with E-state index in [4.69, 9.17) is 0 Å². The Labute approximate surface area is 137 Å². The number of aryl methyl sites for hydroxylation is 3. The van der Waals surface area contributed by atoms with E-state index in [2.05, 4.69) is 39.0 Å². The molecular weight excluding hydrogens is 286 g/mol. The fraction of sp³-hybridized carbons (Fsp3) is 0.550.